The maximum atomic E-state index is 12.3. The Balaban J connectivity index is 2.20. The van der Waals surface area contributed by atoms with E-state index in [2.05, 4.69) is 10.3 Å². The zero-order valence-corrected chi connectivity index (χ0v) is 12.1. The number of methoxy groups -OCH3 is 1. The Bertz CT molecular complexity index is 604. The number of aromatic nitrogens is 1. The highest BCUT2D eigenvalue weighted by molar-refractivity contribution is 6.00. The van der Waals surface area contributed by atoms with Crippen molar-refractivity contribution in [3.05, 3.63) is 30.0 Å². The second-order valence-electron chi connectivity index (χ2n) is 5.27. The molecule has 2 rings (SSSR count). The molecule has 1 unspecified atom stereocenters. The van der Waals surface area contributed by atoms with E-state index in [9.17, 15) is 4.79 Å². The molecule has 5 nitrogen and oxygen atoms in total. The number of carbonyl (C=O) groups is 1. The van der Waals surface area contributed by atoms with Gasteiger partial charge >= 0.3 is 0 Å². The third-order valence-electron chi connectivity index (χ3n) is 3.40. The minimum Gasteiger partial charge on any atom is -0.397 e. The Morgan fingerprint density at radius 3 is 2.80 bits per heavy atom. The highest BCUT2D eigenvalue weighted by Gasteiger charge is 2.18. The summed E-state index contributed by atoms with van der Waals surface area (Å²) in [5.74, 6) is 0.157. The number of carbonyl (C=O) groups excluding carboxylic acids is 1. The lowest BCUT2D eigenvalue weighted by molar-refractivity contribution is 0.0862. The summed E-state index contributed by atoms with van der Waals surface area (Å²) in [4.78, 5) is 15.3. The van der Waals surface area contributed by atoms with Gasteiger partial charge in [-0.2, -0.15) is 0 Å². The number of hydrogen-bond donors (Lipinski definition) is 3. The van der Waals surface area contributed by atoms with Crippen molar-refractivity contribution in [1.82, 2.24) is 10.3 Å². The molecule has 0 fully saturated rings. The first-order valence-electron chi connectivity index (χ1n) is 6.70. The molecule has 0 aliphatic rings. The minimum absolute atomic E-state index is 0.0174. The number of rotatable bonds is 5. The molecule has 1 aromatic carbocycles. The number of amides is 1. The Morgan fingerprint density at radius 2 is 2.20 bits per heavy atom. The van der Waals surface area contributed by atoms with Gasteiger partial charge in [-0.3, -0.25) is 4.79 Å². The second-order valence-corrected chi connectivity index (χ2v) is 5.27. The molecule has 0 spiro atoms. The molecule has 1 amide bonds. The van der Waals surface area contributed by atoms with Crippen LogP contribution in [0, 0.1) is 5.92 Å². The molecule has 20 heavy (non-hydrogen) atoms. The fourth-order valence-electron chi connectivity index (χ4n) is 2.13. The largest absolute Gasteiger partial charge is 0.397 e. The van der Waals surface area contributed by atoms with Gasteiger partial charge in [0.1, 0.15) is 5.69 Å². The van der Waals surface area contributed by atoms with Crippen LogP contribution in [0.2, 0.25) is 0 Å². The van der Waals surface area contributed by atoms with Gasteiger partial charge < -0.3 is 20.8 Å². The van der Waals surface area contributed by atoms with E-state index in [1.807, 2.05) is 38.1 Å². The van der Waals surface area contributed by atoms with Gasteiger partial charge in [0.05, 0.1) is 23.9 Å². The first kappa shape index (κ1) is 14.4. The summed E-state index contributed by atoms with van der Waals surface area (Å²) < 4.78 is 5.14. The van der Waals surface area contributed by atoms with Crippen molar-refractivity contribution >= 4 is 22.5 Å². The molecular formula is C15H21N3O2. The topological polar surface area (TPSA) is 80.1 Å². The lowest BCUT2D eigenvalue weighted by Crippen LogP contribution is -2.41. The molecule has 0 bridgehead atoms. The molecule has 0 aliphatic carbocycles. The van der Waals surface area contributed by atoms with Crippen LogP contribution in [-0.4, -0.2) is 30.6 Å². The van der Waals surface area contributed by atoms with Gasteiger partial charge in [-0.05, 0) is 18.1 Å². The molecule has 0 saturated heterocycles. The number of nitrogen functional groups attached to an aromatic ring is 1. The number of fused-ring (bicyclic) bond motifs is 1. The van der Waals surface area contributed by atoms with Crippen LogP contribution in [0.5, 0.6) is 0 Å². The predicted octanol–water partition coefficient (Wildman–Crippen LogP) is 2.15. The molecule has 4 N–H and O–H groups in total. The van der Waals surface area contributed by atoms with Crippen molar-refractivity contribution in [3.8, 4) is 0 Å². The van der Waals surface area contributed by atoms with E-state index in [4.69, 9.17) is 10.5 Å². The van der Waals surface area contributed by atoms with Gasteiger partial charge in [-0.15, -0.1) is 0 Å². The number of nitrogens with one attached hydrogen (secondary N) is 2. The monoisotopic (exact) mass is 275 g/mol. The van der Waals surface area contributed by atoms with Crippen LogP contribution in [0.3, 0.4) is 0 Å². The average molecular weight is 275 g/mol. The number of anilines is 1. The summed E-state index contributed by atoms with van der Waals surface area (Å²) in [6.45, 7) is 4.59. The number of para-hydroxylation sites is 1. The van der Waals surface area contributed by atoms with Crippen LogP contribution in [0.4, 0.5) is 5.69 Å². The first-order chi connectivity index (χ1) is 9.52. The normalized spacial score (nSPS) is 12.8. The van der Waals surface area contributed by atoms with Crippen molar-refractivity contribution in [2.45, 2.75) is 19.9 Å². The van der Waals surface area contributed by atoms with Crippen molar-refractivity contribution in [2.24, 2.45) is 5.92 Å². The number of benzene rings is 1. The summed E-state index contributed by atoms with van der Waals surface area (Å²) in [6.07, 6.45) is 0. The Hall–Kier alpha value is -2.01. The number of H-pyrrole nitrogens is 1. The van der Waals surface area contributed by atoms with Crippen LogP contribution in [0.25, 0.3) is 10.9 Å². The molecule has 5 heteroatoms. The molecule has 108 valence electrons. The van der Waals surface area contributed by atoms with Gasteiger partial charge in [0.15, 0.2) is 0 Å². The maximum absolute atomic E-state index is 12.3. The summed E-state index contributed by atoms with van der Waals surface area (Å²) in [5.41, 5.74) is 7.83. The van der Waals surface area contributed by atoms with Crippen molar-refractivity contribution in [3.63, 3.8) is 0 Å². The number of ether oxygens (including phenoxy) is 1. The third kappa shape index (κ3) is 2.93. The molecule has 1 aromatic heterocycles. The predicted molar refractivity (Wildman–Crippen MR) is 80.7 cm³/mol. The van der Waals surface area contributed by atoms with E-state index in [-0.39, 0.29) is 11.9 Å². The lowest BCUT2D eigenvalue weighted by atomic mass is 10.1. The second kappa shape index (κ2) is 5.96. The molecular weight excluding hydrogens is 254 g/mol. The van der Waals surface area contributed by atoms with Crippen LogP contribution in [0.1, 0.15) is 24.3 Å². The Morgan fingerprint density at radius 1 is 1.45 bits per heavy atom. The lowest BCUT2D eigenvalue weighted by Gasteiger charge is -2.21. The van der Waals surface area contributed by atoms with Crippen LogP contribution < -0.4 is 11.1 Å². The SMILES string of the molecule is COCC(NC(=O)c1cc2cccc(N)c2[nH]1)C(C)C. The van der Waals surface area contributed by atoms with E-state index in [0.29, 0.717) is 23.9 Å². The van der Waals surface area contributed by atoms with Gasteiger partial charge in [0, 0.05) is 12.5 Å². The average Bonchev–Trinajstić information content (AvgIpc) is 2.83. The number of hydrogen-bond acceptors (Lipinski definition) is 3. The van der Waals surface area contributed by atoms with Crippen molar-refractivity contribution < 1.29 is 9.53 Å². The highest BCUT2D eigenvalue weighted by atomic mass is 16.5. The van der Waals surface area contributed by atoms with Crippen molar-refractivity contribution in [1.29, 1.82) is 0 Å². The summed E-state index contributed by atoms with van der Waals surface area (Å²) in [5, 5.41) is 3.91. The van der Waals surface area contributed by atoms with Gasteiger partial charge in [-0.25, -0.2) is 0 Å². The quantitative estimate of drug-likeness (QED) is 0.731. The molecule has 0 saturated carbocycles. The fraction of sp³-hybridized carbons (Fsp3) is 0.400. The van der Waals surface area contributed by atoms with E-state index in [1.54, 1.807) is 7.11 Å². The summed E-state index contributed by atoms with van der Waals surface area (Å²) >= 11 is 0. The van der Waals surface area contributed by atoms with Gasteiger partial charge in [0.2, 0.25) is 0 Å². The standard InChI is InChI=1S/C15H21N3O2/c1-9(2)13(8-20-3)18-15(19)12-7-10-5-4-6-11(16)14(10)17-12/h4-7,9,13,17H,8,16H2,1-3H3,(H,18,19). The smallest absolute Gasteiger partial charge is 0.268 e. The Labute approximate surface area is 118 Å². The van der Waals surface area contributed by atoms with Gasteiger partial charge in [-0.1, -0.05) is 26.0 Å². The summed E-state index contributed by atoms with van der Waals surface area (Å²) in [6, 6.07) is 7.40. The fourth-order valence-corrected chi connectivity index (χ4v) is 2.13. The van der Waals surface area contributed by atoms with Crippen molar-refractivity contribution in [2.75, 3.05) is 19.5 Å². The number of aromatic amines is 1. The third-order valence-corrected chi connectivity index (χ3v) is 3.40. The maximum Gasteiger partial charge on any atom is 0.268 e. The minimum atomic E-state index is -0.142. The van der Waals surface area contributed by atoms with E-state index < -0.39 is 0 Å². The van der Waals surface area contributed by atoms with E-state index >= 15 is 0 Å². The zero-order chi connectivity index (χ0) is 14.7. The van der Waals surface area contributed by atoms with E-state index in [0.717, 1.165) is 10.9 Å². The van der Waals surface area contributed by atoms with Crippen LogP contribution >= 0.6 is 0 Å². The molecule has 0 radical (unpaired) electrons. The highest BCUT2D eigenvalue weighted by Crippen LogP contribution is 2.21. The molecule has 1 heterocycles. The van der Waals surface area contributed by atoms with Crippen LogP contribution in [-0.2, 0) is 4.74 Å². The van der Waals surface area contributed by atoms with Crippen LogP contribution in [0.15, 0.2) is 24.3 Å². The first-order valence-corrected chi connectivity index (χ1v) is 6.70. The summed E-state index contributed by atoms with van der Waals surface area (Å²) in [7, 11) is 1.63. The molecule has 1 atom stereocenters. The molecule has 2 aromatic rings. The molecule has 0 aliphatic heterocycles. The van der Waals surface area contributed by atoms with E-state index in [1.165, 1.54) is 0 Å². The number of nitrogens with two attached hydrogens (primary N) is 1. The van der Waals surface area contributed by atoms with Gasteiger partial charge in [0.25, 0.3) is 5.91 Å². The Kier molecular flexibility index (Phi) is 4.29. The zero-order valence-electron chi connectivity index (χ0n) is 12.1.